The lowest BCUT2D eigenvalue weighted by atomic mass is 10.1. The lowest BCUT2D eigenvalue weighted by Gasteiger charge is -2.20. The molecule has 0 unspecified atom stereocenters. The van der Waals surface area contributed by atoms with Gasteiger partial charge in [0, 0.05) is 0 Å². The van der Waals surface area contributed by atoms with Crippen molar-refractivity contribution in [3.05, 3.63) is 23.8 Å². The van der Waals surface area contributed by atoms with Crippen LogP contribution in [0.4, 0.5) is 5.69 Å². The van der Waals surface area contributed by atoms with Crippen LogP contribution in [0.25, 0.3) is 0 Å². The molecule has 0 atom stereocenters. The molecule has 0 aliphatic heterocycles. The van der Waals surface area contributed by atoms with Gasteiger partial charge in [0.25, 0.3) is 0 Å². The van der Waals surface area contributed by atoms with Crippen LogP contribution in [-0.2, 0) is 9.53 Å². The molecule has 0 spiro atoms. The summed E-state index contributed by atoms with van der Waals surface area (Å²) in [6.45, 7) is 0. The summed E-state index contributed by atoms with van der Waals surface area (Å²) in [4.78, 5) is 23.7. The highest BCUT2D eigenvalue weighted by atomic mass is 79.9. The number of carbonyl (C=O) groups is 2. The summed E-state index contributed by atoms with van der Waals surface area (Å²) in [5.74, 6) is -0.803. The summed E-state index contributed by atoms with van der Waals surface area (Å²) in [6, 6.07) is 4.21. The quantitative estimate of drug-likeness (QED) is 0.503. The lowest BCUT2D eigenvalue weighted by molar-refractivity contribution is -0.118. The number of phenolic OH excluding ortho intramolecular Hbond substituents is 1. The number of rotatable bonds is 3. The third kappa shape index (κ3) is 2.95. The second-order valence-corrected chi connectivity index (χ2v) is 6.37. The lowest BCUT2D eigenvalue weighted by Crippen LogP contribution is -2.34. The average Bonchev–Trinajstić information content (AvgIpc) is 2.88. The minimum atomic E-state index is -0.583. The Labute approximate surface area is 125 Å². The SMILES string of the molecule is COC(=O)c1ccc(O)c(NC(=O)C2(Br)CCCC2)c1. The van der Waals surface area contributed by atoms with Crippen molar-refractivity contribution in [1.82, 2.24) is 0 Å². The van der Waals surface area contributed by atoms with Crippen molar-refractivity contribution in [1.29, 1.82) is 0 Å². The van der Waals surface area contributed by atoms with Crippen LogP contribution in [0.2, 0.25) is 0 Å². The fourth-order valence-corrected chi connectivity index (χ4v) is 2.94. The van der Waals surface area contributed by atoms with Gasteiger partial charge in [-0.15, -0.1) is 0 Å². The van der Waals surface area contributed by atoms with Gasteiger partial charge in [-0.1, -0.05) is 28.8 Å². The number of phenols is 1. The zero-order valence-electron chi connectivity index (χ0n) is 11.1. The molecule has 0 radical (unpaired) electrons. The predicted molar refractivity (Wildman–Crippen MR) is 78.2 cm³/mol. The molecule has 1 aliphatic carbocycles. The van der Waals surface area contributed by atoms with E-state index in [4.69, 9.17) is 0 Å². The van der Waals surface area contributed by atoms with E-state index < -0.39 is 10.3 Å². The maximum absolute atomic E-state index is 12.3. The molecule has 2 rings (SSSR count). The number of benzene rings is 1. The molecule has 1 aliphatic rings. The third-order valence-corrected chi connectivity index (χ3v) is 4.62. The first-order valence-electron chi connectivity index (χ1n) is 6.38. The van der Waals surface area contributed by atoms with Crippen molar-refractivity contribution in [3.8, 4) is 5.75 Å². The number of anilines is 1. The molecule has 1 saturated carbocycles. The maximum atomic E-state index is 12.3. The van der Waals surface area contributed by atoms with Crippen LogP contribution in [0.15, 0.2) is 18.2 Å². The molecule has 1 aromatic rings. The highest BCUT2D eigenvalue weighted by molar-refractivity contribution is 9.10. The first kappa shape index (κ1) is 14.8. The van der Waals surface area contributed by atoms with Crippen LogP contribution in [0, 0.1) is 0 Å². The highest BCUT2D eigenvalue weighted by Crippen LogP contribution is 2.39. The van der Waals surface area contributed by atoms with Gasteiger partial charge in [0.2, 0.25) is 5.91 Å². The van der Waals surface area contributed by atoms with Crippen LogP contribution in [0.1, 0.15) is 36.0 Å². The number of ether oxygens (including phenoxy) is 1. The minimum absolute atomic E-state index is 0.0832. The van der Waals surface area contributed by atoms with Crippen molar-refractivity contribution >= 4 is 33.5 Å². The van der Waals surface area contributed by atoms with Gasteiger partial charge in [-0.2, -0.15) is 0 Å². The number of carbonyl (C=O) groups excluding carboxylic acids is 2. The van der Waals surface area contributed by atoms with Gasteiger partial charge in [-0.3, -0.25) is 4.79 Å². The van der Waals surface area contributed by atoms with Crippen molar-refractivity contribution in [2.24, 2.45) is 0 Å². The first-order valence-corrected chi connectivity index (χ1v) is 7.17. The normalized spacial score (nSPS) is 16.7. The molecule has 0 bridgehead atoms. The molecular weight excluding hydrogens is 326 g/mol. The van der Waals surface area contributed by atoms with Crippen LogP contribution >= 0.6 is 15.9 Å². The molecule has 2 N–H and O–H groups in total. The fourth-order valence-electron chi connectivity index (χ4n) is 2.28. The number of esters is 1. The number of methoxy groups -OCH3 is 1. The van der Waals surface area contributed by atoms with Crippen LogP contribution in [-0.4, -0.2) is 28.4 Å². The largest absolute Gasteiger partial charge is 0.506 e. The van der Waals surface area contributed by atoms with E-state index >= 15 is 0 Å². The number of halogens is 1. The fraction of sp³-hybridized carbons (Fsp3) is 0.429. The van der Waals surface area contributed by atoms with Gasteiger partial charge >= 0.3 is 5.97 Å². The molecule has 0 saturated heterocycles. The molecule has 1 amide bonds. The zero-order chi connectivity index (χ0) is 14.8. The van der Waals surface area contributed by atoms with E-state index in [1.807, 2.05) is 0 Å². The molecule has 1 fully saturated rings. The van der Waals surface area contributed by atoms with Crippen molar-refractivity contribution < 1.29 is 19.4 Å². The van der Waals surface area contributed by atoms with E-state index in [0.717, 1.165) is 25.7 Å². The Kier molecular flexibility index (Phi) is 4.32. The van der Waals surface area contributed by atoms with Crippen molar-refractivity contribution in [2.45, 2.75) is 30.0 Å². The van der Waals surface area contributed by atoms with Crippen LogP contribution in [0.3, 0.4) is 0 Å². The Balaban J connectivity index is 2.20. The van der Waals surface area contributed by atoms with Gasteiger partial charge in [-0.25, -0.2) is 4.79 Å². The summed E-state index contributed by atoms with van der Waals surface area (Å²) in [5.41, 5.74) is 0.485. The third-order valence-electron chi connectivity index (χ3n) is 3.47. The van der Waals surface area contributed by atoms with Crippen LogP contribution in [0.5, 0.6) is 5.75 Å². The number of alkyl halides is 1. The number of amides is 1. The Morgan fingerprint density at radius 3 is 2.60 bits per heavy atom. The van der Waals surface area contributed by atoms with Gasteiger partial charge in [-0.05, 0) is 31.0 Å². The summed E-state index contributed by atoms with van der Waals surface area (Å²) in [6.07, 6.45) is 3.51. The topological polar surface area (TPSA) is 75.6 Å². The van der Waals surface area contributed by atoms with Crippen LogP contribution < -0.4 is 5.32 Å². The summed E-state index contributed by atoms with van der Waals surface area (Å²) < 4.78 is 4.03. The molecule has 6 heteroatoms. The Hall–Kier alpha value is -1.56. The smallest absolute Gasteiger partial charge is 0.337 e. The maximum Gasteiger partial charge on any atom is 0.337 e. The van der Waals surface area contributed by atoms with Gasteiger partial charge < -0.3 is 15.2 Å². The number of aromatic hydroxyl groups is 1. The van der Waals surface area contributed by atoms with E-state index in [2.05, 4.69) is 26.0 Å². The van der Waals surface area contributed by atoms with Gasteiger partial charge in [0.05, 0.1) is 18.4 Å². The van der Waals surface area contributed by atoms with E-state index in [9.17, 15) is 14.7 Å². The zero-order valence-corrected chi connectivity index (χ0v) is 12.7. The van der Waals surface area contributed by atoms with E-state index in [1.54, 1.807) is 0 Å². The predicted octanol–water partition coefficient (Wildman–Crippen LogP) is 2.83. The number of hydrogen-bond acceptors (Lipinski definition) is 4. The van der Waals surface area contributed by atoms with Crippen molar-refractivity contribution in [2.75, 3.05) is 12.4 Å². The molecule has 5 nitrogen and oxygen atoms in total. The second kappa shape index (κ2) is 5.83. The van der Waals surface area contributed by atoms with Crippen molar-refractivity contribution in [3.63, 3.8) is 0 Å². The second-order valence-electron chi connectivity index (χ2n) is 4.85. The Bertz CT molecular complexity index is 538. The molecule has 0 heterocycles. The monoisotopic (exact) mass is 341 g/mol. The standard InChI is InChI=1S/C14H16BrNO4/c1-20-12(18)9-4-5-11(17)10(8-9)16-13(19)14(15)6-2-3-7-14/h4-5,8,17H,2-3,6-7H2,1H3,(H,16,19). The van der Waals surface area contributed by atoms with E-state index in [0.29, 0.717) is 0 Å². The highest BCUT2D eigenvalue weighted by Gasteiger charge is 2.38. The number of nitrogens with one attached hydrogen (secondary N) is 1. The first-order chi connectivity index (χ1) is 9.46. The molecule has 0 aromatic heterocycles. The van der Waals surface area contributed by atoms with Gasteiger partial charge in [0.15, 0.2) is 0 Å². The molecule has 108 valence electrons. The summed E-state index contributed by atoms with van der Waals surface area (Å²) in [7, 11) is 1.28. The van der Waals surface area contributed by atoms with E-state index in [1.165, 1.54) is 25.3 Å². The Morgan fingerprint density at radius 1 is 1.35 bits per heavy atom. The molecule has 1 aromatic carbocycles. The number of hydrogen-bond donors (Lipinski definition) is 2. The molecular formula is C14H16BrNO4. The average molecular weight is 342 g/mol. The summed E-state index contributed by atoms with van der Waals surface area (Å²) in [5, 5.41) is 12.5. The Morgan fingerprint density at radius 2 is 2.00 bits per heavy atom. The summed E-state index contributed by atoms with van der Waals surface area (Å²) >= 11 is 3.47. The minimum Gasteiger partial charge on any atom is -0.506 e. The van der Waals surface area contributed by atoms with E-state index in [-0.39, 0.29) is 22.9 Å². The molecule has 20 heavy (non-hydrogen) atoms. The van der Waals surface area contributed by atoms with Gasteiger partial charge in [0.1, 0.15) is 10.1 Å².